The number of pyridine rings is 2. The molecule has 5 aromatic rings. The van der Waals surface area contributed by atoms with Crippen LogP contribution >= 0.6 is 0 Å². The van der Waals surface area contributed by atoms with E-state index in [0.717, 1.165) is 22.5 Å². The summed E-state index contributed by atoms with van der Waals surface area (Å²) in [4.78, 5) is 8.74. The summed E-state index contributed by atoms with van der Waals surface area (Å²) in [6.45, 7) is 4.51. The SMILES string of the molecule is CC(C)(C)c1ccc(-c2[c-]ccc(-c3ccccc3)c2)nc1.[2H]C([2H])([2H])c1ccc(-c2[c-]cccc2)nc1.[Ir]. The van der Waals surface area contributed by atoms with Gasteiger partial charge in [0.05, 0.1) is 0 Å². The number of rotatable bonds is 3. The van der Waals surface area contributed by atoms with E-state index in [4.69, 9.17) is 4.11 Å². The second-order valence-corrected chi connectivity index (χ2v) is 9.25. The maximum Gasteiger partial charge on any atom is 0.0280 e. The van der Waals surface area contributed by atoms with Crippen LogP contribution in [0.15, 0.2) is 109 Å². The van der Waals surface area contributed by atoms with Gasteiger partial charge in [0.15, 0.2) is 0 Å². The number of hydrogen-bond acceptors (Lipinski definition) is 2. The van der Waals surface area contributed by atoms with Gasteiger partial charge in [0.2, 0.25) is 0 Å². The first-order valence-electron chi connectivity index (χ1n) is 13.1. The van der Waals surface area contributed by atoms with Crippen molar-refractivity contribution in [1.29, 1.82) is 0 Å². The summed E-state index contributed by atoms with van der Waals surface area (Å²) in [6.07, 6.45) is 3.36. The second-order valence-electron chi connectivity index (χ2n) is 9.25. The molecule has 0 fully saturated rings. The van der Waals surface area contributed by atoms with Crippen molar-refractivity contribution < 1.29 is 24.2 Å². The summed E-state index contributed by atoms with van der Waals surface area (Å²) >= 11 is 0. The zero-order valence-corrected chi connectivity index (χ0v) is 23.0. The van der Waals surface area contributed by atoms with Gasteiger partial charge in [-0.3, -0.25) is 0 Å². The van der Waals surface area contributed by atoms with Crippen molar-refractivity contribution in [3.05, 3.63) is 133 Å². The van der Waals surface area contributed by atoms with Crippen LogP contribution in [0.1, 0.15) is 36.0 Å². The van der Waals surface area contributed by atoms with Gasteiger partial charge in [0, 0.05) is 36.6 Å². The van der Waals surface area contributed by atoms with E-state index in [1.54, 1.807) is 18.2 Å². The fraction of sp³-hybridized carbons (Fsp3) is 0.152. The van der Waals surface area contributed by atoms with Gasteiger partial charge in [-0.1, -0.05) is 75.4 Å². The van der Waals surface area contributed by atoms with Crippen LogP contribution in [0, 0.1) is 19.0 Å². The van der Waals surface area contributed by atoms with Crippen LogP contribution in [0.25, 0.3) is 33.6 Å². The molecule has 0 N–H and O–H groups in total. The Morgan fingerprint density at radius 2 is 1.36 bits per heavy atom. The van der Waals surface area contributed by atoms with Gasteiger partial charge in [-0.25, -0.2) is 0 Å². The zero-order chi connectivity index (χ0) is 27.2. The summed E-state index contributed by atoms with van der Waals surface area (Å²) in [6, 6.07) is 37.9. The Morgan fingerprint density at radius 1 is 0.667 bits per heavy atom. The maximum atomic E-state index is 7.23. The number of hydrogen-bond donors (Lipinski definition) is 0. The van der Waals surface area contributed by atoms with Crippen molar-refractivity contribution in [3.63, 3.8) is 0 Å². The predicted octanol–water partition coefficient (Wildman–Crippen LogP) is 8.37. The summed E-state index contributed by atoms with van der Waals surface area (Å²) in [5, 5.41) is 0. The molecule has 0 saturated heterocycles. The molecular formula is C33H30IrN2-2. The van der Waals surface area contributed by atoms with Gasteiger partial charge >= 0.3 is 0 Å². The van der Waals surface area contributed by atoms with Gasteiger partial charge in [-0.15, -0.1) is 71.3 Å². The standard InChI is InChI=1S/C21H20N.C12H10N.Ir/c1-21(2,3)19-12-13-20(22-15-19)18-11-7-10-17(14-18)16-8-5-4-6-9-16;1-10-7-8-12(13-9-10)11-5-3-2-4-6-11;/h4-10,12-15H,1-3H3;2-5,7-9H,1H3;/q2*-1;/i;1D3;. The quantitative estimate of drug-likeness (QED) is 0.184. The second kappa shape index (κ2) is 12.5. The molecule has 36 heavy (non-hydrogen) atoms. The van der Waals surface area contributed by atoms with Crippen LogP contribution in [0.3, 0.4) is 0 Å². The Balaban J connectivity index is 0.000000220. The summed E-state index contributed by atoms with van der Waals surface area (Å²) in [5.41, 5.74) is 7.62. The average molecular weight is 650 g/mol. The third kappa shape index (κ3) is 7.31. The molecule has 0 atom stereocenters. The Kier molecular flexibility index (Phi) is 8.02. The number of aryl methyl sites for hydroxylation is 1. The monoisotopic (exact) mass is 650 g/mol. The molecule has 183 valence electrons. The number of nitrogens with zero attached hydrogens (tertiary/aromatic N) is 2. The third-order valence-corrected chi connectivity index (χ3v) is 5.56. The van der Waals surface area contributed by atoms with Crippen LogP contribution in [-0.2, 0) is 25.5 Å². The van der Waals surface area contributed by atoms with E-state index in [9.17, 15) is 0 Å². The minimum atomic E-state index is -2.09. The van der Waals surface area contributed by atoms with Crippen molar-refractivity contribution in [2.75, 3.05) is 0 Å². The van der Waals surface area contributed by atoms with Gasteiger partial charge in [-0.05, 0) is 40.3 Å². The van der Waals surface area contributed by atoms with Crippen LogP contribution in [-0.4, -0.2) is 9.97 Å². The summed E-state index contributed by atoms with van der Waals surface area (Å²) in [5.74, 6) is 0. The molecule has 0 bridgehead atoms. The molecule has 0 aliphatic heterocycles. The van der Waals surface area contributed by atoms with E-state index in [0.29, 0.717) is 0 Å². The summed E-state index contributed by atoms with van der Waals surface area (Å²) in [7, 11) is 0. The smallest absolute Gasteiger partial charge is 0.0280 e. The van der Waals surface area contributed by atoms with Gasteiger partial charge in [0.25, 0.3) is 0 Å². The van der Waals surface area contributed by atoms with Crippen molar-refractivity contribution in [1.82, 2.24) is 9.97 Å². The Labute approximate surface area is 233 Å². The Hall–Kier alpha value is -3.39. The first kappa shape index (κ1) is 23.0. The van der Waals surface area contributed by atoms with Gasteiger partial charge in [-0.2, -0.15) is 0 Å². The number of aromatic nitrogens is 2. The molecule has 0 aliphatic carbocycles. The largest absolute Gasteiger partial charge is 0.304 e. The summed E-state index contributed by atoms with van der Waals surface area (Å²) < 4.78 is 21.7. The molecule has 3 heteroatoms. The molecular weight excluding hydrogens is 617 g/mol. The van der Waals surface area contributed by atoms with Crippen molar-refractivity contribution in [2.24, 2.45) is 0 Å². The van der Waals surface area contributed by atoms with Crippen LogP contribution in [0.2, 0.25) is 0 Å². The van der Waals surface area contributed by atoms with Crippen molar-refractivity contribution in [3.8, 4) is 33.6 Å². The van der Waals surface area contributed by atoms with Gasteiger partial charge < -0.3 is 9.97 Å². The molecule has 0 aliphatic rings. The van der Waals surface area contributed by atoms with E-state index in [-0.39, 0.29) is 31.1 Å². The molecule has 2 nitrogen and oxygen atoms in total. The van der Waals surface area contributed by atoms with Gasteiger partial charge in [0.1, 0.15) is 0 Å². The van der Waals surface area contributed by atoms with E-state index in [2.05, 4.69) is 91.4 Å². The molecule has 0 unspecified atom stereocenters. The molecule has 0 amide bonds. The number of benzene rings is 3. The molecule has 2 aromatic heterocycles. The molecule has 0 spiro atoms. The maximum absolute atomic E-state index is 7.23. The minimum Gasteiger partial charge on any atom is -0.304 e. The Bertz CT molecular complexity index is 1440. The first-order chi connectivity index (χ1) is 18.1. The molecule has 1 radical (unpaired) electrons. The normalized spacial score (nSPS) is 12.1. The van der Waals surface area contributed by atoms with E-state index in [1.165, 1.54) is 22.9 Å². The van der Waals surface area contributed by atoms with Crippen LogP contribution in [0.5, 0.6) is 0 Å². The average Bonchev–Trinajstić information content (AvgIpc) is 2.94. The van der Waals surface area contributed by atoms with E-state index in [1.807, 2.05) is 36.5 Å². The molecule has 2 heterocycles. The fourth-order valence-corrected chi connectivity index (χ4v) is 3.53. The van der Waals surface area contributed by atoms with Crippen molar-refractivity contribution >= 4 is 0 Å². The predicted molar refractivity (Wildman–Crippen MR) is 146 cm³/mol. The first-order valence-corrected chi connectivity index (χ1v) is 11.6. The molecule has 0 saturated carbocycles. The molecule has 3 aromatic carbocycles. The van der Waals surface area contributed by atoms with Crippen molar-refractivity contribution in [2.45, 2.75) is 33.0 Å². The fourth-order valence-electron chi connectivity index (χ4n) is 3.53. The minimum absolute atomic E-state index is 0. The van der Waals surface area contributed by atoms with E-state index < -0.39 is 6.85 Å². The molecule has 5 rings (SSSR count). The van der Waals surface area contributed by atoms with Crippen LogP contribution < -0.4 is 0 Å². The third-order valence-electron chi connectivity index (χ3n) is 5.56. The van der Waals surface area contributed by atoms with E-state index >= 15 is 0 Å². The van der Waals surface area contributed by atoms with Crippen LogP contribution in [0.4, 0.5) is 0 Å². The topological polar surface area (TPSA) is 25.8 Å². The Morgan fingerprint density at radius 3 is 1.97 bits per heavy atom. The zero-order valence-electron chi connectivity index (χ0n) is 23.6.